The number of carbonyl (C=O) groups excluding carboxylic acids is 1. The molecule has 1 aromatic heterocycles. The van der Waals surface area contributed by atoms with Crippen molar-refractivity contribution in [2.75, 3.05) is 5.73 Å². The van der Waals surface area contributed by atoms with Gasteiger partial charge in [-0.2, -0.15) is 0 Å². The van der Waals surface area contributed by atoms with Crippen LogP contribution in [0.1, 0.15) is 53.1 Å². The van der Waals surface area contributed by atoms with Crippen LogP contribution in [0, 0.1) is 6.92 Å². The van der Waals surface area contributed by atoms with Crippen LogP contribution in [0.5, 0.6) is 0 Å². The Labute approximate surface area is 164 Å². The van der Waals surface area contributed by atoms with Crippen molar-refractivity contribution >= 4 is 22.6 Å². The minimum Gasteiger partial charge on any atom is -0.383 e. The van der Waals surface area contributed by atoms with E-state index in [1.54, 1.807) is 0 Å². The largest absolute Gasteiger partial charge is 0.383 e. The fraction of sp³-hybridized carbons (Fsp3) is 0.348. The SMILES string of the molecule is Cc1ccccc1C1CC(N(C(=O)c2ccc3c(N)ncnc3c2)C2CC2)C1. The van der Waals surface area contributed by atoms with Crippen LogP contribution in [0.4, 0.5) is 5.82 Å². The number of rotatable bonds is 4. The van der Waals surface area contributed by atoms with E-state index in [-0.39, 0.29) is 5.91 Å². The van der Waals surface area contributed by atoms with Crippen molar-refractivity contribution in [2.45, 2.75) is 50.6 Å². The minimum atomic E-state index is 0.120. The maximum absolute atomic E-state index is 13.4. The minimum absolute atomic E-state index is 0.120. The monoisotopic (exact) mass is 372 g/mol. The Morgan fingerprint density at radius 1 is 1.07 bits per heavy atom. The van der Waals surface area contributed by atoms with E-state index in [1.807, 2.05) is 18.2 Å². The fourth-order valence-corrected chi connectivity index (χ4v) is 4.46. The second-order valence-electron chi connectivity index (χ2n) is 8.11. The number of benzene rings is 2. The Balaban J connectivity index is 1.38. The van der Waals surface area contributed by atoms with E-state index < -0.39 is 0 Å². The summed E-state index contributed by atoms with van der Waals surface area (Å²) in [7, 11) is 0. The summed E-state index contributed by atoms with van der Waals surface area (Å²) in [4.78, 5) is 23.8. The maximum Gasteiger partial charge on any atom is 0.254 e. The number of anilines is 1. The lowest BCUT2D eigenvalue weighted by Crippen LogP contribution is -2.48. The number of nitrogen functional groups attached to an aromatic ring is 1. The topological polar surface area (TPSA) is 72.1 Å². The fourth-order valence-electron chi connectivity index (χ4n) is 4.46. The average molecular weight is 372 g/mol. The van der Waals surface area contributed by atoms with E-state index in [0.29, 0.717) is 29.4 Å². The van der Waals surface area contributed by atoms with Crippen LogP contribution in [0.3, 0.4) is 0 Å². The molecule has 2 aliphatic carbocycles. The van der Waals surface area contributed by atoms with Crippen molar-refractivity contribution in [1.82, 2.24) is 14.9 Å². The summed E-state index contributed by atoms with van der Waals surface area (Å²) in [5.74, 6) is 1.13. The number of amides is 1. The summed E-state index contributed by atoms with van der Waals surface area (Å²) in [6.07, 6.45) is 5.77. The average Bonchev–Trinajstić information content (AvgIpc) is 3.49. The molecule has 0 bridgehead atoms. The van der Waals surface area contributed by atoms with Gasteiger partial charge in [0, 0.05) is 23.0 Å². The summed E-state index contributed by atoms with van der Waals surface area (Å²) in [6, 6.07) is 14.9. The first-order chi connectivity index (χ1) is 13.6. The maximum atomic E-state index is 13.4. The molecule has 0 aliphatic heterocycles. The van der Waals surface area contributed by atoms with Gasteiger partial charge in [0.1, 0.15) is 12.1 Å². The molecule has 0 saturated heterocycles. The van der Waals surface area contributed by atoms with Gasteiger partial charge in [0.2, 0.25) is 0 Å². The van der Waals surface area contributed by atoms with Gasteiger partial charge in [-0.3, -0.25) is 4.79 Å². The molecule has 2 aromatic carbocycles. The number of aryl methyl sites for hydroxylation is 1. The molecule has 0 spiro atoms. The van der Waals surface area contributed by atoms with Gasteiger partial charge in [-0.05, 0) is 67.9 Å². The van der Waals surface area contributed by atoms with Gasteiger partial charge in [-0.15, -0.1) is 0 Å². The van der Waals surface area contributed by atoms with Gasteiger partial charge in [0.05, 0.1) is 5.52 Å². The van der Waals surface area contributed by atoms with Crippen molar-refractivity contribution in [3.05, 3.63) is 65.5 Å². The predicted molar refractivity (Wildman–Crippen MR) is 110 cm³/mol. The zero-order valence-electron chi connectivity index (χ0n) is 16.0. The molecule has 0 atom stereocenters. The van der Waals surface area contributed by atoms with Crippen molar-refractivity contribution < 1.29 is 4.79 Å². The van der Waals surface area contributed by atoms with Crippen molar-refractivity contribution in [1.29, 1.82) is 0 Å². The van der Waals surface area contributed by atoms with Crippen LogP contribution in [-0.4, -0.2) is 32.9 Å². The van der Waals surface area contributed by atoms with Crippen molar-refractivity contribution in [3.63, 3.8) is 0 Å². The molecule has 142 valence electrons. The van der Waals surface area contributed by atoms with E-state index in [1.165, 1.54) is 17.5 Å². The van der Waals surface area contributed by atoms with E-state index in [0.717, 1.165) is 36.6 Å². The molecule has 3 aromatic rings. The molecule has 5 heteroatoms. The lowest BCUT2D eigenvalue weighted by molar-refractivity contribution is 0.0516. The Bertz CT molecular complexity index is 1050. The van der Waals surface area contributed by atoms with E-state index >= 15 is 0 Å². The first-order valence-corrected chi connectivity index (χ1v) is 10.00. The van der Waals surface area contributed by atoms with Gasteiger partial charge in [-0.1, -0.05) is 24.3 Å². The first kappa shape index (κ1) is 17.2. The normalized spacial score (nSPS) is 21.3. The van der Waals surface area contributed by atoms with Gasteiger partial charge in [0.25, 0.3) is 5.91 Å². The van der Waals surface area contributed by atoms with Crippen LogP contribution < -0.4 is 5.73 Å². The van der Waals surface area contributed by atoms with Crippen LogP contribution in [-0.2, 0) is 0 Å². The molecule has 28 heavy (non-hydrogen) atoms. The summed E-state index contributed by atoms with van der Waals surface area (Å²) < 4.78 is 0. The third-order valence-corrected chi connectivity index (χ3v) is 6.22. The molecule has 1 heterocycles. The number of nitrogens with two attached hydrogens (primary N) is 1. The van der Waals surface area contributed by atoms with Crippen LogP contribution in [0.2, 0.25) is 0 Å². The van der Waals surface area contributed by atoms with Crippen LogP contribution in [0.25, 0.3) is 10.9 Å². The zero-order chi connectivity index (χ0) is 19.3. The number of fused-ring (bicyclic) bond motifs is 1. The molecule has 2 aliphatic rings. The molecule has 0 radical (unpaired) electrons. The van der Waals surface area contributed by atoms with Gasteiger partial charge in [-0.25, -0.2) is 9.97 Å². The van der Waals surface area contributed by atoms with Crippen LogP contribution >= 0.6 is 0 Å². The Kier molecular flexibility index (Phi) is 4.04. The molecular formula is C23H24N4O. The Morgan fingerprint density at radius 3 is 2.61 bits per heavy atom. The second-order valence-corrected chi connectivity index (χ2v) is 8.11. The van der Waals surface area contributed by atoms with Crippen molar-refractivity contribution in [2.24, 2.45) is 0 Å². The first-order valence-electron chi connectivity index (χ1n) is 10.00. The Hall–Kier alpha value is -2.95. The third-order valence-electron chi connectivity index (χ3n) is 6.22. The zero-order valence-corrected chi connectivity index (χ0v) is 16.0. The molecule has 0 unspecified atom stereocenters. The molecule has 2 N–H and O–H groups in total. The highest BCUT2D eigenvalue weighted by Gasteiger charge is 2.44. The van der Waals surface area contributed by atoms with Gasteiger partial charge in [0.15, 0.2) is 0 Å². The molecule has 2 fully saturated rings. The molecule has 5 rings (SSSR count). The van der Waals surface area contributed by atoms with Crippen LogP contribution in [0.15, 0.2) is 48.8 Å². The molecule has 1 amide bonds. The standard InChI is InChI=1S/C23H24N4O/c1-14-4-2-3-5-19(14)16-10-18(11-16)27(17-7-8-17)23(28)15-6-9-20-21(12-15)25-13-26-22(20)24/h2-6,9,12-13,16-18H,7-8,10-11H2,1H3,(H2,24,25,26). The highest BCUT2D eigenvalue weighted by molar-refractivity contribution is 5.99. The van der Waals surface area contributed by atoms with Gasteiger partial charge < -0.3 is 10.6 Å². The predicted octanol–water partition coefficient (Wildman–Crippen LogP) is 4.07. The molecule has 2 saturated carbocycles. The van der Waals surface area contributed by atoms with E-state index in [9.17, 15) is 4.79 Å². The summed E-state index contributed by atoms with van der Waals surface area (Å²) >= 11 is 0. The molecular weight excluding hydrogens is 348 g/mol. The van der Waals surface area contributed by atoms with E-state index in [4.69, 9.17) is 5.73 Å². The van der Waals surface area contributed by atoms with Crippen molar-refractivity contribution in [3.8, 4) is 0 Å². The summed E-state index contributed by atoms with van der Waals surface area (Å²) in [6.45, 7) is 2.18. The highest BCUT2D eigenvalue weighted by atomic mass is 16.2. The number of aromatic nitrogens is 2. The second kappa shape index (κ2) is 6.59. The number of hydrogen-bond acceptors (Lipinski definition) is 4. The smallest absolute Gasteiger partial charge is 0.254 e. The van der Waals surface area contributed by atoms with Gasteiger partial charge >= 0.3 is 0 Å². The number of hydrogen-bond donors (Lipinski definition) is 1. The lowest BCUT2D eigenvalue weighted by Gasteiger charge is -2.44. The van der Waals surface area contributed by atoms with E-state index in [2.05, 4.69) is 46.1 Å². The Morgan fingerprint density at radius 2 is 1.86 bits per heavy atom. The summed E-state index contributed by atoms with van der Waals surface area (Å²) in [5, 5.41) is 0.792. The number of carbonyl (C=O) groups is 1. The quantitative estimate of drug-likeness (QED) is 0.749. The highest BCUT2D eigenvalue weighted by Crippen LogP contribution is 2.45. The third kappa shape index (κ3) is 2.91. The number of nitrogens with zero attached hydrogens (tertiary/aromatic N) is 3. The summed E-state index contributed by atoms with van der Waals surface area (Å²) in [5.41, 5.74) is 10.1. The lowest BCUT2D eigenvalue weighted by atomic mass is 9.73. The molecule has 5 nitrogen and oxygen atoms in total.